The first-order valence-corrected chi connectivity index (χ1v) is 4.70. The maximum Gasteiger partial charge on any atom is 1.00 e. The van der Waals surface area contributed by atoms with E-state index in [0.717, 1.165) is 0 Å². The van der Waals surface area contributed by atoms with Gasteiger partial charge in [-0.15, -0.1) is 12.4 Å². The van der Waals surface area contributed by atoms with Crippen molar-refractivity contribution < 1.29 is 204 Å². The Bertz CT molecular complexity index is 160. The summed E-state index contributed by atoms with van der Waals surface area (Å²) in [4.78, 5) is 43.1. The third-order valence-corrected chi connectivity index (χ3v) is 0. The van der Waals surface area contributed by atoms with Crippen molar-refractivity contribution in [2.75, 3.05) is 0 Å². The van der Waals surface area contributed by atoms with Crippen LogP contribution in [0.3, 0.4) is 0 Å². The van der Waals surface area contributed by atoms with Crippen LogP contribution in [0.5, 0.6) is 0 Å². The normalized spacial score (nSPS) is 7.38. The summed E-state index contributed by atoms with van der Waals surface area (Å²) in [6.45, 7) is 0. The second-order valence-corrected chi connectivity index (χ2v) is 3.08. The molecule has 0 aliphatic carbocycles. The van der Waals surface area contributed by atoms with E-state index in [0.29, 0.717) is 0 Å². The van der Waals surface area contributed by atoms with Crippen LogP contribution in [0, 0.1) is 0 Å². The largest absolute Gasteiger partial charge is 1.00 e. The predicted molar refractivity (Wildman–Crippen MR) is 40.2 cm³/mol. The minimum atomic E-state index is -4.64. The van der Waals surface area contributed by atoms with Gasteiger partial charge in [-0.3, -0.25) is 0 Å². The molecule has 0 radical (unpaired) electrons. The van der Waals surface area contributed by atoms with E-state index in [9.17, 15) is 0 Å². The van der Waals surface area contributed by atoms with Crippen molar-refractivity contribution in [3.05, 3.63) is 0 Å². The Morgan fingerprint density at radius 3 is 0.688 bits per heavy atom. The van der Waals surface area contributed by atoms with E-state index in [4.69, 9.17) is 38.5 Å². The third kappa shape index (κ3) is 209. The Labute approximate surface area is 226 Å². The van der Waals surface area contributed by atoms with Crippen molar-refractivity contribution in [3.63, 3.8) is 0 Å². The molecule has 0 aromatic rings. The molecule has 0 spiro atoms. The molecule has 82 valence electrons. The SMILES string of the molecule is Cl.O=P(O)(O)O.O=P(O)(O)O.[H-].[H-].[H-].[H-].[K+].[Na+].[Na+].[Na+].[Zn]. The minimum absolute atomic E-state index is 0. The predicted octanol–water partition coefficient (Wildman–Crippen LogP) is -13.0. The monoisotopic (exact) mass is 408 g/mol. The molecule has 0 atom stereocenters. The fourth-order valence-electron chi connectivity index (χ4n) is 0. The van der Waals surface area contributed by atoms with E-state index in [2.05, 4.69) is 0 Å². The van der Waals surface area contributed by atoms with Crippen LogP contribution in [0.1, 0.15) is 5.71 Å². The Morgan fingerprint density at radius 2 is 0.688 bits per heavy atom. The van der Waals surface area contributed by atoms with Crippen molar-refractivity contribution in [1.29, 1.82) is 0 Å². The molecule has 16 heteroatoms. The number of hydrogen-bond acceptors (Lipinski definition) is 2. The standard InChI is InChI=1S/ClH.K.3Na.2H3O4P.Zn.4H/c;;;;;2*1-5(2,3)4;;;;;/h1H;;;;;2*(H3,1,2,3,4);;;;;/q;4*+1;;;;4*-1. The van der Waals surface area contributed by atoms with Crippen LogP contribution in [0.2, 0.25) is 0 Å². The van der Waals surface area contributed by atoms with Crippen LogP contribution < -0.4 is 140 Å². The zero-order valence-electron chi connectivity index (χ0n) is 13.5. The van der Waals surface area contributed by atoms with Gasteiger partial charge in [0.2, 0.25) is 0 Å². The summed E-state index contributed by atoms with van der Waals surface area (Å²) in [5.74, 6) is 0. The molecule has 0 amide bonds. The molecule has 16 heavy (non-hydrogen) atoms. The number of phosphoric acid groups is 2. The van der Waals surface area contributed by atoms with Gasteiger partial charge in [-0.1, -0.05) is 0 Å². The van der Waals surface area contributed by atoms with Crippen LogP contribution in [0.25, 0.3) is 0 Å². The summed E-state index contributed by atoms with van der Waals surface area (Å²) >= 11 is 0. The average Bonchev–Trinajstić information content (AvgIpc) is 1.12. The summed E-state index contributed by atoms with van der Waals surface area (Å²) in [6, 6.07) is 0. The van der Waals surface area contributed by atoms with E-state index in [1.165, 1.54) is 0 Å². The molecule has 0 heterocycles. The van der Waals surface area contributed by atoms with Gasteiger partial charge in [-0.05, 0) is 0 Å². The van der Waals surface area contributed by atoms with Gasteiger partial charge in [0.15, 0.2) is 0 Å². The van der Waals surface area contributed by atoms with E-state index in [-0.39, 0.29) is 178 Å². The zero-order valence-corrected chi connectivity index (χ0v) is 24.2. The maximum atomic E-state index is 8.88. The van der Waals surface area contributed by atoms with Crippen LogP contribution in [-0.2, 0) is 28.6 Å². The van der Waals surface area contributed by atoms with Crippen LogP contribution in [0.15, 0.2) is 0 Å². The zero-order chi connectivity index (χ0) is 9.00. The second kappa shape index (κ2) is 25.7. The Kier molecular flexibility index (Phi) is 79.6. The molecule has 0 saturated carbocycles. The first-order chi connectivity index (χ1) is 4.00. The van der Waals surface area contributed by atoms with E-state index in [1.54, 1.807) is 0 Å². The van der Waals surface area contributed by atoms with Gasteiger partial charge in [0.25, 0.3) is 0 Å². The van der Waals surface area contributed by atoms with Gasteiger partial charge in [-0.25, -0.2) is 9.13 Å². The molecule has 0 rings (SSSR count). The molecule has 8 nitrogen and oxygen atoms in total. The first-order valence-electron chi connectivity index (χ1n) is 1.57. The Balaban J connectivity index is -0.00000000427. The van der Waals surface area contributed by atoms with Crippen molar-refractivity contribution in [2.24, 2.45) is 0 Å². The quantitative estimate of drug-likeness (QED) is 0.170. The molecule has 6 N–H and O–H groups in total. The summed E-state index contributed by atoms with van der Waals surface area (Å²) < 4.78 is 17.8. The van der Waals surface area contributed by atoms with Gasteiger partial charge < -0.3 is 35.1 Å². The molecule has 0 aromatic heterocycles. The van der Waals surface area contributed by atoms with Gasteiger partial charge in [0.1, 0.15) is 0 Å². The van der Waals surface area contributed by atoms with E-state index >= 15 is 0 Å². The maximum absolute atomic E-state index is 8.88. The number of rotatable bonds is 0. The van der Waals surface area contributed by atoms with E-state index < -0.39 is 15.6 Å². The van der Waals surface area contributed by atoms with Crippen molar-refractivity contribution in [2.45, 2.75) is 0 Å². The van der Waals surface area contributed by atoms with Crippen LogP contribution in [-0.4, -0.2) is 29.4 Å². The fourth-order valence-corrected chi connectivity index (χ4v) is 0. The molecule has 0 unspecified atom stereocenters. The van der Waals surface area contributed by atoms with Crippen LogP contribution >= 0.6 is 28.1 Å². The smallest absolute Gasteiger partial charge is 1.00 e. The van der Waals surface area contributed by atoms with Gasteiger partial charge in [0, 0.05) is 19.5 Å². The van der Waals surface area contributed by atoms with Crippen LogP contribution in [0.4, 0.5) is 0 Å². The Hall–Kier alpha value is 5.77. The third-order valence-electron chi connectivity index (χ3n) is 0. The number of halogens is 1. The van der Waals surface area contributed by atoms with Crippen molar-refractivity contribution in [3.8, 4) is 0 Å². The fraction of sp³-hybridized carbons (Fsp3) is 0. The van der Waals surface area contributed by atoms with Crippen molar-refractivity contribution in [1.82, 2.24) is 0 Å². The summed E-state index contributed by atoms with van der Waals surface area (Å²) in [5, 5.41) is 0. The van der Waals surface area contributed by atoms with Gasteiger partial charge >= 0.3 is 156 Å². The molecule has 0 aliphatic heterocycles. The van der Waals surface area contributed by atoms with Gasteiger partial charge in [-0.2, -0.15) is 0 Å². The molecule has 0 fully saturated rings. The Morgan fingerprint density at radius 1 is 0.688 bits per heavy atom. The topological polar surface area (TPSA) is 156 Å². The second-order valence-electron chi connectivity index (χ2n) is 1.03. The summed E-state index contributed by atoms with van der Waals surface area (Å²) in [6.07, 6.45) is 0. The number of hydrogen-bond donors (Lipinski definition) is 6. The molecular formula is H11ClKNa3O8P2Zn. The molecule has 0 aliphatic rings. The summed E-state index contributed by atoms with van der Waals surface area (Å²) in [7, 11) is -9.28. The minimum Gasteiger partial charge on any atom is -1.00 e. The van der Waals surface area contributed by atoms with Gasteiger partial charge in [0.05, 0.1) is 0 Å². The first kappa shape index (κ1) is 49.5. The molecule has 0 saturated heterocycles. The molecular weight excluding hydrogens is 399 g/mol. The van der Waals surface area contributed by atoms with Crippen molar-refractivity contribution >= 4 is 28.1 Å². The molecule has 0 aromatic carbocycles. The van der Waals surface area contributed by atoms with E-state index in [1.807, 2.05) is 0 Å². The summed E-state index contributed by atoms with van der Waals surface area (Å²) in [5.41, 5.74) is 0. The molecule has 0 bridgehead atoms. The average molecular weight is 410 g/mol.